The number of hydrazine groups is 1. The van der Waals surface area contributed by atoms with Gasteiger partial charge in [-0.3, -0.25) is 0 Å². The molecule has 5 N–H and O–H groups in total. The predicted octanol–water partition coefficient (Wildman–Crippen LogP) is 1.22. The van der Waals surface area contributed by atoms with E-state index < -0.39 is 23.5 Å². The van der Waals surface area contributed by atoms with Crippen LogP contribution in [0.4, 0.5) is 13.2 Å². The molecule has 0 aliphatic heterocycles. The lowest BCUT2D eigenvalue weighted by Crippen LogP contribution is -2.34. The minimum absolute atomic E-state index is 0.0772. The van der Waals surface area contributed by atoms with Gasteiger partial charge in [0.2, 0.25) is 0 Å². The Balaban J connectivity index is 3.16. The summed E-state index contributed by atoms with van der Waals surface area (Å²) in [5.41, 5.74) is 5.34. The van der Waals surface area contributed by atoms with Crippen LogP contribution in [0.2, 0.25) is 0 Å². The zero-order valence-corrected chi connectivity index (χ0v) is 11.3. The van der Waals surface area contributed by atoms with Crippen LogP contribution in [0.1, 0.15) is 24.9 Å². The Morgan fingerprint density at radius 3 is 2.45 bits per heavy atom. The van der Waals surface area contributed by atoms with Crippen LogP contribution in [0.3, 0.4) is 0 Å². The summed E-state index contributed by atoms with van der Waals surface area (Å²) in [6.45, 7) is 1.99. The average Bonchev–Trinajstić information content (AvgIpc) is 2.34. The topological polar surface area (TPSA) is 79.7 Å². The number of hydrazone groups is 1. The number of nitrogens with two attached hydrogens (primary N) is 2. The molecule has 1 aromatic rings. The second-order valence-electron chi connectivity index (χ2n) is 4.32. The second-order valence-corrected chi connectivity index (χ2v) is 4.32. The molecule has 0 spiro atoms. The van der Waals surface area contributed by atoms with Gasteiger partial charge < -0.3 is 11.1 Å². The molecule has 1 aromatic carbocycles. The molecule has 0 bridgehead atoms. The van der Waals surface area contributed by atoms with E-state index in [-0.39, 0.29) is 11.4 Å². The number of rotatable bonds is 6. The zero-order valence-electron chi connectivity index (χ0n) is 11.3. The smallest absolute Gasteiger partial charge is 0.161 e. The minimum atomic E-state index is -1.25. The van der Waals surface area contributed by atoms with E-state index in [0.29, 0.717) is 19.0 Å². The molecule has 0 aliphatic carbocycles. The lowest BCUT2D eigenvalue weighted by atomic mass is 10.0. The van der Waals surface area contributed by atoms with E-state index in [9.17, 15) is 13.2 Å². The van der Waals surface area contributed by atoms with Crippen LogP contribution < -0.4 is 16.9 Å². The van der Waals surface area contributed by atoms with Crippen molar-refractivity contribution in [2.75, 3.05) is 13.6 Å². The van der Waals surface area contributed by atoms with Gasteiger partial charge in [0.25, 0.3) is 0 Å². The molecule has 5 nitrogen and oxygen atoms in total. The summed E-state index contributed by atoms with van der Waals surface area (Å²) in [7, 11) is 1.71. The summed E-state index contributed by atoms with van der Waals surface area (Å²) >= 11 is 0. The SMILES string of the molecule is CNCCC(c1cc(F)c(F)cc1F)N(N)/N=C(/C)N. The van der Waals surface area contributed by atoms with Crippen molar-refractivity contribution in [3.8, 4) is 0 Å². The fraction of sp³-hybridized carbons (Fsp3) is 0.417. The van der Waals surface area contributed by atoms with Gasteiger partial charge in [0.15, 0.2) is 11.6 Å². The fourth-order valence-corrected chi connectivity index (χ4v) is 1.76. The third-order valence-corrected chi connectivity index (χ3v) is 2.66. The molecule has 1 atom stereocenters. The van der Waals surface area contributed by atoms with Gasteiger partial charge in [0.1, 0.15) is 11.7 Å². The van der Waals surface area contributed by atoms with Crippen molar-refractivity contribution in [2.24, 2.45) is 16.7 Å². The summed E-state index contributed by atoms with van der Waals surface area (Å²) in [6.07, 6.45) is 0.339. The van der Waals surface area contributed by atoms with Crippen LogP contribution in [0.5, 0.6) is 0 Å². The molecule has 0 radical (unpaired) electrons. The summed E-state index contributed by atoms with van der Waals surface area (Å²) < 4.78 is 40.1. The molecule has 0 saturated heterocycles. The maximum absolute atomic E-state index is 13.8. The summed E-state index contributed by atoms with van der Waals surface area (Å²) in [5.74, 6) is 2.60. The van der Waals surface area contributed by atoms with Crippen LogP contribution in [-0.2, 0) is 0 Å². The molecular weight excluding hydrogens is 271 g/mol. The van der Waals surface area contributed by atoms with Crippen molar-refractivity contribution in [3.63, 3.8) is 0 Å². The van der Waals surface area contributed by atoms with Gasteiger partial charge in [0.05, 0.1) is 6.04 Å². The number of hydrogen-bond acceptors (Lipinski definition) is 4. The normalized spacial score (nSPS) is 13.4. The van der Waals surface area contributed by atoms with E-state index in [1.165, 1.54) is 6.92 Å². The van der Waals surface area contributed by atoms with E-state index in [2.05, 4.69) is 10.4 Å². The van der Waals surface area contributed by atoms with Crippen LogP contribution in [0.15, 0.2) is 17.2 Å². The van der Waals surface area contributed by atoms with Crippen LogP contribution in [0, 0.1) is 17.5 Å². The van der Waals surface area contributed by atoms with E-state index in [0.717, 1.165) is 11.2 Å². The Kier molecular flexibility index (Phi) is 5.78. The number of hydrogen-bond donors (Lipinski definition) is 3. The number of nitrogens with zero attached hydrogens (tertiary/aromatic N) is 2. The Morgan fingerprint density at radius 1 is 1.30 bits per heavy atom. The molecule has 20 heavy (non-hydrogen) atoms. The highest BCUT2D eigenvalue weighted by molar-refractivity contribution is 5.77. The molecule has 1 unspecified atom stereocenters. The first-order valence-electron chi connectivity index (χ1n) is 6.00. The summed E-state index contributed by atoms with van der Waals surface area (Å²) in [4.78, 5) is 0. The van der Waals surface area contributed by atoms with E-state index in [1.54, 1.807) is 7.05 Å². The Labute approximate surface area is 115 Å². The molecule has 0 amide bonds. The standard InChI is InChI=1S/C12H18F3N5/c1-7(16)19-20(17)12(3-4-18-2)8-5-10(14)11(15)6-9(8)13/h5-6,12,18H,3-4,17H2,1-2H3,(H2,16,19). The molecule has 0 aliphatic rings. The highest BCUT2D eigenvalue weighted by Crippen LogP contribution is 2.26. The lowest BCUT2D eigenvalue weighted by molar-refractivity contribution is 0.195. The Morgan fingerprint density at radius 2 is 1.90 bits per heavy atom. The van der Waals surface area contributed by atoms with Gasteiger partial charge >= 0.3 is 0 Å². The highest BCUT2D eigenvalue weighted by Gasteiger charge is 2.22. The van der Waals surface area contributed by atoms with Crippen molar-refractivity contribution in [1.82, 2.24) is 10.4 Å². The molecule has 0 saturated carbocycles. The van der Waals surface area contributed by atoms with Gasteiger partial charge in [-0.25, -0.2) is 24.1 Å². The molecule has 1 rings (SSSR count). The summed E-state index contributed by atoms with van der Waals surface area (Å²) in [5, 5.41) is 7.61. The Hall–Kier alpha value is -1.80. The van der Waals surface area contributed by atoms with Gasteiger partial charge in [-0.15, -0.1) is 5.10 Å². The number of nitrogens with one attached hydrogen (secondary N) is 1. The maximum Gasteiger partial charge on any atom is 0.161 e. The summed E-state index contributed by atoms with van der Waals surface area (Å²) in [6, 6.07) is 0.506. The average molecular weight is 289 g/mol. The minimum Gasteiger partial charge on any atom is -0.386 e. The zero-order chi connectivity index (χ0) is 15.3. The van der Waals surface area contributed by atoms with E-state index in [4.69, 9.17) is 11.6 Å². The molecule has 112 valence electrons. The quantitative estimate of drug-likeness (QED) is 0.242. The third-order valence-electron chi connectivity index (χ3n) is 2.66. The van der Waals surface area contributed by atoms with Crippen molar-refractivity contribution in [2.45, 2.75) is 19.4 Å². The van der Waals surface area contributed by atoms with Gasteiger partial charge in [-0.1, -0.05) is 0 Å². The maximum atomic E-state index is 13.8. The van der Waals surface area contributed by atoms with Gasteiger partial charge in [-0.05, 0) is 33.0 Å². The van der Waals surface area contributed by atoms with Gasteiger partial charge in [0, 0.05) is 11.6 Å². The van der Waals surface area contributed by atoms with E-state index >= 15 is 0 Å². The molecule has 0 aromatic heterocycles. The molecule has 0 heterocycles. The van der Waals surface area contributed by atoms with E-state index in [1.807, 2.05) is 0 Å². The van der Waals surface area contributed by atoms with Crippen molar-refractivity contribution >= 4 is 5.84 Å². The van der Waals surface area contributed by atoms with Gasteiger partial charge in [-0.2, -0.15) is 0 Å². The molecular formula is C12H18F3N5. The van der Waals surface area contributed by atoms with Crippen LogP contribution in [0.25, 0.3) is 0 Å². The highest BCUT2D eigenvalue weighted by atomic mass is 19.2. The van der Waals surface area contributed by atoms with Crippen molar-refractivity contribution < 1.29 is 13.2 Å². The largest absolute Gasteiger partial charge is 0.386 e. The van der Waals surface area contributed by atoms with Crippen molar-refractivity contribution in [3.05, 3.63) is 35.1 Å². The van der Waals surface area contributed by atoms with Crippen molar-refractivity contribution in [1.29, 1.82) is 0 Å². The molecule has 0 fully saturated rings. The number of benzene rings is 1. The number of halogens is 3. The first-order chi connectivity index (χ1) is 9.36. The molecule has 8 heteroatoms. The van der Waals surface area contributed by atoms with Crippen LogP contribution in [-0.4, -0.2) is 24.5 Å². The first-order valence-corrected chi connectivity index (χ1v) is 6.00. The second kappa shape index (κ2) is 7.11. The fourth-order valence-electron chi connectivity index (χ4n) is 1.76. The van der Waals surface area contributed by atoms with Crippen LogP contribution >= 0.6 is 0 Å². The monoisotopic (exact) mass is 289 g/mol. The third kappa shape index (κ3) is 4.10. The first kappa shape index (κ1) is 16.3. The Bertz CT molecular complexity index is 488. The number of amidine groups is 1. The predicted molar refractivity (Wildman–Crippen MR) is 70.9 cm³/mol. The lowest BCUT2D eigenvalue weighted by Gasteiger charge is -2.26.